The van der Waals surface area contributed by atoms with Crippen LogP contribution < -0.4 is 5.32 Å². The quantitative estimate of drug-likeness (QED) is 0.796. The molecule has 1 N–H and O–H groups in total. The Morgan fingerprint density at radius 3 is 2.83 bits per heavy atom. The van der Waals surface area contributed by atoms with E-state index >= 15 is 0 Å². The summed E-state index contributed by atoms with van der Waals surface area (Å²) in [5, 5.41) is 2.64. The van der Waals surface area contributed by atoms with E-state index in [-0.39, 0.29) is 5.91 Å². The average molecular weight is 276 g/mol. The van der Waals surface area contributed by atoms with E-state index < -0.39 is 0 Å². The van der Waals surface area contributed by atoms with Crippen LogP contribution >= 0.6 is 22.6 Å². The van der Waals surface area contributed by atoms with Crippen molar-refractivity contribution in [3.05, 3.63) is 21.4 Å². The molecule has 0 radical (unpaired) electrons. The van der Waals surface area contributed by atoms with Gasteiger partial charge in [-0.2, -0.15) is 0 Å². The number of carbonyl (C=O) groups excluding carboxylic acids is 1. The second-order valence-corrected chi connectivity index (χ2v) is 3.69. The van der Waals surface area contributed by atoms with E-state index in [1.165, 1.54) is 6.92 Å². The molecule has 0 aliphatic carbocycles. The third kappa shape index (κ3) is 2.44. The number of amides is 1. The van der Waals surface area contributed by atoms with Gasteiger partial charge in [0.05, 0.1) is 3.57 Å². The Labute approximate surface area is 84.7 Å². The Bertz CT molecular complexity index is 312. The molecule has 1 aromatic heterocycles. The van der Waals surface area contributed by atoms with Gasteiger partial charge >= 0.3 is 0 Å². The highest BCUT2D eigenvalue weighted by atomic mass is 127. The first-order chi connectivity index (χ1) is 5.59. The van der Waals surface area contributed by atoms with Gasteiger partial charge in [0, 0.05) is 13.1 Å². The lowest BCUT2D eigenvalue weighted by atomic mass is 10.3. The number of anilines is 1. The van der Waals surface area contributed by atoms with Crippen LogP contribution in [-0.2, 0) is 4.79 Å². The first kappa shape index (κ1) is 9.44. The first-order valence-corrected chi connectivity index (χ1v) is 4.57. The van der Waals surface area contributed by atoms with Crippen molar-refractivity contribution < 1.29 is 4.79 Å². The molecule has 0 aromatic carbocycles. The molecule has 0 bridgehead atoms. The number of halogens is 1. The highest BCUT2D eigenvalue weighted by Crippen LogP contribution is 2.15. The van der Waals surface area contributed by atoms with Gasteiger partial charge in [-0.05, 0) is 41.1 Å². The minimum Gasteiger partial charge on any atom is -0.310 e. The number of nitrogens with zero attached hydrogens (tertiary/aromatic N) is 1. The summed E-state index contributed by atoms with van der Waals surface area (Å²) in [7, 11) is 0. The lowest BCUT2D eigenvalue weighted by molar-refractivity contribution is -0.114. The molecule has 1 rings (SSSR count). The SMILES string of the molecule is CC(=O)Nc1ncc(C)cc1I. The Balaban J connectivity index is 2.93. The summed E-state index contributed by atoms with van der Waals surface area (Å²) >= 11 is 2.14. The topological polar surface area (TPSA) is 42.0 Å². The molecular weight excluding hydrogens is 267 g/mol. The zero-order valence-corrected chi connectivity index (χ0v) is 9.05. The van der Waals surface area contributed by atoms with Crippen LogP contribution in [0.2, 0.25) is 0 Å². The standard InChI is InChI=1S/C8H9IN2O/c1-5-3-7(9)8(10-4-5)11-6(2)12/h3-4H,1-2H3,(H,10,11,12). The van der Waals surface area contributed by atoms with Crippen molar-refractivity contribution in [2.45, 2.75) is 13.8 Å². The van der Waals surface area contributed by atoms with Crippen molar-refractivity contribution in [3.63, 3.8) is 0 Å². The van der Waals surface area contributed by atoms with Crippen molar-refractivity contribution in [2.75, 3.05) is 5.32 Å². The highest BCUT2D eigenvalue weighted by molar-refractivity contribution is 14.1. The molecule has 0 unspecified atom stereocenters. The molecule has 3 nitrogen and oxygen atoms in total. The Kier molecular flexibility index (Phi) is 3.02. The molecule has 0 aliphatic rings. The fraction of sp³-hybridized carbons (Fsp3) is 0.250. The van der Waals surface area contributed by atoms with E-state index in [0.29, 0.717) is 5.82 Å². The van der Waals surface area contributed by atoms with Crippen molar-refractivity contribution in [2.24, 2.45) is 0 Å². The average Bonchev–Trinajstić information content (AvgIpc) is 1.94. The number of aromatic nitrogens is 1. The molecule has 4 heteroatoms. The first-order valence-electron chi connectivity index (χ1n) is 3.49. The van der Waals surface area contributed by atoms with E-state index in [1.54, 1.807) is 6.20 Å². The van der Waals surface area contributed by atoms with Crippen LogP contribution in [0.3, 0.4) is 0 Å². The predicted molar refractivity (Wildman–Crippen MR) is 56.0 cm³/mol. The van der Waals surface area contributed by atoms with Gasteiger partial charge in [0.25, 0.3) is 0 Å². The highest BCUT2D eigenvalue weighted by Gasteiger charge is 2.01. The molecule has 0 atom stereocenters. The fourth-order valence-corrected chi connectivity index (χ4v) is 1.56. The second kappa shape index (κ2) is 3.84. The minimum atomic E-state index is -0.0933. The summed E-state index contributed by atoms with van der Waals surface area (Å²) < 4.78 is 0.961. The van der Waals surface area contributed by atoms with E-state index in [4.69, 9.17) is 0 Å². The van der Waals surface area contributed by atoms with Gasteiger partial charge in [-0.15, -0.1) is 0 Å². The van der Waals surface area contributed by atoms with Crippen molar-refractivity contribution >= 4 is 34.3 Å². The lowest BCUT2D eigenvalue weighted by Gasteiger charge is -2.03. The van der Waals surface area contributed by atoms with Gasteiger partial charge in [-0.25, -0.2) is 4.98 Å². The molecule has 0 saturated carbocycles. The number of nitrogens with one attached hydrogen (secondary N) is 1. The molecule has 1 aromatic rings. The molecule has 0 aliphatic heterocycles. The van der Waals surface area contributed by atoms with Gasteiger partial charge < -0.3 is 5.32 Å². The van der Waals surface area contributed by atoms with Gasteiger partial charge in [0.2, 0.25) is 5.91 Å². The third-order valence-electron chi connectivity index (χ3n) is 1.27. The largest absolute Gasteiger partial charge is 0.310 e. The van der Waals surface area contributed by atoms with Crippen molar-refractivity contribution in [1.29, 1.82) is 0 Å². The van der Waals surface area contributed by atoms with Crippen molar-refractivity contribution in [3.8, 4) is 0 Å². The second-order valence-electron chi connectivity index (χ2n) is 2.52. The van der Waals surface area contributed by atoms with E-state index in [0.717, 1.165) is 9.13 Å². The van der Waals surface area contributed by atoms with Crippen LogP contribution in [0.5, 0.6) is 0 Å². The molecule has 1 heterocycles. The summed E-state index contributed by atoms with van der Waals surface area (Å²) in [6.45, 7) is 3.43. The molecule has 12 heavy (non-hydrogen) atoms. The zero-order valence-electron chi connectivity index (χ0n) is 6.89. The minimum absolute atomic E-state index is 0.0933. The van der Waals surface area contributed by atoms with Crippen molar-refractivity contribution in [1.82, 2.24) is 4.98 Å². The molecule has 0 spiro atoms. The zero-order chi connectivity index (χ0) is 9.14. The van der Waals surface area contributed by atoms with Gasteiger partial charge in [0.15, 0.2) is 0 Å². The monoisotopic (exact) mass is 276 g/mol. The number of carbonyl (C=O) groups is 1. The summed E-state index contributed by atoms with van der Waals surface area (Å²) in [4.78, 5) is 14.8. The van der Waals surface area contributed by atoms with E-state index in [9.17, 15) is 4.79 Å². The smallest absolute Gasteiger partial charge is 0.222 e. The van der Waals surface area contributed by atoms with Gasteiger partial charge in [0.1, 0.15) is 5.82 Å². The number of hydrogen-bond donors (Lipinski definition) is 1. The van der Waals surface area contributed by atoms with Gasteiger partial charge in [-0.1, -0.05) is 0 Å². The number of aryl methyl sites for hydroxylation is 1. The van der Waals surface area contributed by atoms with Crippen LogP contribution in [0.25, 0.3) is 0 Å². The third-order valence-corrected chi connectivity index (χ3v) is 2.09. The maximum absolute atomic E-state index is 10.7. The lowest BCUT2D eigenvalue weighted by Crippen LogP contribution is -2.08. The normalized spacial score (nSPS) is 9.58. The predicted octanol–water partition coefficient (Wildman–Crippen LogP) is 1.95. The van der Waals surface area contributed by atoms with Crippen LogP contribution in [0.15, 0.2) is 12.3 Å². The van der Waals surface area contributed by atoms with Crippen LogP contribution in [0.4, 0.5) is 5.82 Å². The van der Waals surface area contributed by atoms with E-state index in [2.05, 4.69) is 32.9 Å². The summed E-state index contributed by atoms with van der Waals surface area (Å²) in [5.74, 6) is 0.540. The molecule has 1 amide bonds. The fourth-order valence-electron chi connectivity index (χ4n) is 0.792. The Morgan fingerprint density at radius 2 is 2.33 bits per heavy atom. The maximum atomic E-state index is 10.7. The Morgan fingerprint density at radius 1 is 1.67 bits per heavy atom. The Hall–Kier alpha value is -0.650. The number of hydrogen-bond acceptors (Lipinski definition) is 2. The van der Waals surface area contributed by atoms with E-state index in [1.807, 2.05) is 13.0 Å². The van der Waals surface area contributed by atoms with Crippen LogP contribution in [0, 0.1) is 10.5 Å². The number of rotatable bonds is 1. The van der Waals surface area contributed by atoms with Crippen LogP contribution in [-0.4, -0.2) is 10.9 Å². The number of pyridine rings is 1. The van der Waals surface area contributed by atoms with Crippen LogP contribution in [0.1, 0.15) is 12.5 Å². The summed E-state index contributed by atoms with van der Waals surface area (Å²) in [6, 6.07) is 1.97. The molecule has 64 valence electrons. The molecular formula is C8H9IN2O. The summed E-state index contributed by atoms with van der Waals surface area (Å²) in [5.41, 5.74) is 1.09. The molecule has 0 fully saturated rings. The molecule has 0 saturated heterocycles. The van der Waals surface area contributed by atoms with Gasteiger partial charge in [-0.3, -0.25) is 4.79 Å². The maximum Gasteiger partial charge on any atom is 0.222 e. The summed E-state index contributed by atoms with van der Waals surface area (Å²) in [6.07, 6.45) is 1.73.